The van der Waals surface area contributed by atoms with Crippen molar-refractivity contribution in [3.63, 3.8) is 0 Å². The first-order chi connectivity index (χ1) is 11.5. The topological polar surface area (TPSA) is 100 Å². The first kappa shape index (κ1) is 18.0. The Morgan fingerprint density at radius 3 is 2.92 bits per heavy atom. The predicted molar refractivity (Wildman–Crippen MR) is 90.7 cm³/mol. The summed E-state index contributed by atoms with van der Waals surface area (Å²) in [6.45, 7) is 4.24. The van der Waals surface area contributed by atoms with Gasteiger partial charge in [-0.1, -0.05) is 0 Å². The van der Waals surface area contributed by atoms with E-state index in [0.29, 0.717) is 25.5 Å². The Labute approximate surface area is 141 Å². The number of rotatable bonds is 8. The first-order valence-corrected chi connectivity index (χ1v) is 7.74. The molecule has 9 nitrogen and oxygen atoms in total. The lowest BCUT2D eigenvalue weighted by atomic mass is 10.3. The molecule has 0 saturated carbocycles. The number of aryl methyl sites for hydroxylation is 1. The molecule has 0 atom stereocenters. The van der Waals surface area contributed by atoms with Gasteiger partial charge in [0.15, 0.2) is 0 Å². The maximum atomic E-state index is 12.1. The monoisotopic (exact) mass is 335 g/mol. The van der Waals surface area contributed by atoms with Gasteiger partial charge in [0.05, 0.1) is 36.8 Å². The Kier molecular flexibility index (Phi) is 6.33. The number of hydrogen-bond donors (Lipinski definition) is 3. The van der Waals surface area contributed by atoms with E-state index < -0.39 is 0 Å². The lowest BCUT2D eigenvalue weighted by Crippen LogP contribution is -2.30. The Balaban J connectivity index is 1.87. The highest BCUT2D eigenvalue weighted by atomic mass is 16.5. The van der Waals surface area contributed by atoms with E-state index in [-0.39, 0.29) is 6.03 Å². The molecular weight excluding hydrogens is 310 g/mol. The van der Waals surface area contributed by atoms with Gasteiger partial charge < -0.3 is 15.0 Å². The van der Waals surface area contributed by atoms with E-state index in [1.54, 1.807) is 11.8 Å². The van der Waals surface area contributed by atoms with Crippen LogP contribution in [0.2, 0.25) is 0 Å². The SMILES string of the molecule is COCc1cc(CNC(=O)Nc2cc(C)nn2CCN(C)C)[nH]n1. The summed E-state index contributed by atoms with van der Waals surface area (Å²) in [5, 5.41) is 17.0. The summed E-state index contributed by atoms with van der Waals surface area (Å²) in [6.07, 6.45) is 0. The van der Waals surface area contributed by atoms with Gasteiger partial charge in [-0.15, -0.1) is 0 Å². The van der Waals surface area contributed by atoms with Crippen LogP contribution in [0.15, 0.2) is 12.1 Å². The summed E-state index contributed by atoms with van der Waals surface area (Å²) in [7, 11) is 5.61. The second-order valence-electron chi connectivity index (χ2n) is 5.82. The second-order valence-corrected chi connectivity index (χ2v) is 5.82. The minimum Gasteiger partial charge on any atom is -0.378 e. The predicted octanol–water partition coefficient (Wildman–Crippen LogP) is 0.944. The van der Waals surface area contributed by atoms with E-state index in [4.69, 9.17) is 4.74 Å². The van der Waals surface area contributed by atoms with E-state index in [0.717, 1.165) is 23.6 Å². The van der Waals surface area contributed by atoms with Crippen LogP contribution in [0.3, 0.4) is 0 Å². The third-order valence-corrected chi connectivity index (χ3v) is 3.32. The fourth-order valence-corrected chi connectivity index (χ4v) is 2.17. The van der Waals surface area contributed by atoms with Crippen molar-refractivity contribution in [3.8, 4) is 0 Å². The number of carbonyl (C=O) groups is 1. The quantitative estimate of drug-likeness (QED) is 0.667. The number of urea groups is 1. The summed E-state index contributed by atoms with van der Waals surface area (Å²) in [5.41, 5.74) is 2.48. The third kappa shape index (κ3) is 5.36. The number of hydrogen-bond acceptors (Lipinski definition) is 5. The Morgan fingerprint density at radius 1 is 1.42 bits per heavy atom. The Hall–Kier alpha value is -2.39. The smallest absolute Gasteiger partial charge is 0.320 e. The molecule has 9 heteroatoms. The average molecular weight is 335 g/mol. The molecule has 2 aromatic rings. The van der Waals surface area contributed by atoms with E-state index in [2.05, 4.69) is 30.8 Å². The van der Waals surface area contributed by atoms with Gasteiger partial charge in [0.2, 0.25) is 0 Å². The van der Waals surface area contributed by atoms with Crippen LogP contribution < -0.4 is 10.6 Å². The van der Waals surface area contributed by atoms with Crippen LogP contribution in [0.25, 0.3) is 0 Å². The molecule has 132 valence electrons. The molecule has 2 amide bonds. The lowest BCUT2D eigenvalue weighted by Gasteiger charge is -2.12. The van der Waals surface area contributed by atoms with E-state index >= 15 is 0 Å². The number of anilines is 1. The van der Waals surface area contributed by atoms with Crippen molar-refractivity contribution < 1.29 is 9.53 Å². The molecule has 3 N–H and O–H groups in total. The van der Waals surface area contributed by atoms with Crippen LogP contribution >= 0.6 is 0 Å². The zero-order chi connectivity index (χ0) is 17.5. The van der Waals surface area contributed by atoms with Gasteiger partial charge in [-0.05, 0) is 27.1 Å². The molecule has 0 aliphatic carbocycles. The fraction of sp³-hybridized carbons (Fsp3) is 0.533. The molecule has 2 heterocycles. The standard InChI is InChI=1S/C15H25N7O2/c1-11-7-14(22(20-11)6-5-21(2)3)17-15(23)16-9-12-8-13(10-24-4)19-18-12/h7-8H,5-6,9-10H2,1-4H3,(H,18,19)(H2,16,17,23). The van der Waals surface area contributed by atoms with Gasteiger partial charge in [0.1, 0.15) is 5.82 Å². The summed E-state index contributed by atoms with van der Waals surface area (Å²) in [6, 6.07) is 3.42. The molecule has 0 bridgehead atoms. The zero-order valence-corrected chi connectivity index (χ0v) is 14.6. The molecule has 0 radical (unpaired) electrons. The number of nitrogens with zero attached hydrogens (tertiary/aromatic N) is 4. The van der Waals surface area contributed by atoms with Crippen LogP contribution in [-0.4, -0.2) is 58.7 Å². The van der Waals surface area contributed by atoms with Crippen molar-refractivity contribution in [1.29, 1.82) is 0 Å². The molecule has 0 aliphatic heterocycles. The van der Waals surface area contributed by atoms with Crippen LogP contribution in [0.1, 0.15) is 17.1 Å². The minimum absolute atomic E-state index is 0.288. The molecule has 0 unspecified atom stereocenters. The number of carbonyl (C=O) groups excluding carboxylic acids is 1. The minimum atomic E-state index is -0.288. The molecule has 0 saturated heterocycles. The first-order valence-electron chi connectivity index (χ1n) is 7.74. The highest BCUT2D eigenvalue weighted by molar-refractivity contribution is 5.88. The fourth-order valence-electron chi connectivity index (χ4n) is 2.17. The van der Waals surface area contributed by atoms with Crippen molar-refractivity contribution in [2.45, 2.75) is 26.6 Å². The third-order valence-electron chi connectivity index (χ3n) is 3.32. The molecule has 0 spiro atoms. The highest BCUT2D eigenvalue weighted by Gasteiger charge is 2.10. The maximum Gasteiger partial charge on any atom is 0.320 e. The van der Waals surface area contributed by atoms with Crippen LogP contribution in [0.5, 0.6) is 0 Å². The molecule has 2 aromatic heterocycles. The number of amides is 2. The van der Waals surface area contributed by atoms with Gasteiger partial charge in [-0.25, -0.2) is 9.48 Å². The largest absolute Gasteiger partial charge is 0.378 e. The van der Waals surface area contributed by atoms with Gasteiger partial charge in [-0.2, -0.15) is 10.2 Å². The number of H-pyrrole nitrogens is 1. The number of ether oxygens (including phenoxy) is 1. The van der Waals surface area contributed by atoms with Crippen molar-refractivity contribution >= 4 is 11.8 Å². The highest BCUT2D eigenvalue weighted by Crippen LogP contribution is 2.10. The van der Waals surface area contributed by atoms with Gasteiger partial charge >= 0.3 is 6.03 Å². The van der Waals surface area contributed by atoms with E-state index in [1.165, 1.54) is 0 Å². The molecule has 0 aliphatic rings. The summed E-state index contributed by atoms with van der Waals surface area (Å²) >= 11 is 0. The van der Waals surface area contributed by atoms with Crippen molar-refractivity contribution in [1.82, 2.24) is 30.2 Å². The van der Waals surface area contributed by atoms with Gasteiger partial charge in [-0.3, -0.25) is 10.4 Å². The van der Waals surface area contributed by atoms with E-state index in [9.17, 15) is 4.79 Å². The normalized spacial score (nSPS) is 11.0. The van der Waals surface area contributed by atoms with Crippen LogP contribution in [0.4, 0.5) is 10.6 Å². The molecule has 2 rings (SSSR count). The summed E-state index contributed by atoms with van der Waals surface area (Å²) < 4.78 is 6.80. The number of nitrogens with one attached hydrogen (secondary N) is 3. The molecule has 0 fully saturated rings. The average Bonchev–Trinajstić information content (AvgIpc) is 3.10. The van der Waals surface area contributed by atoms with Gasteiger partial charge in [0, 0.05) is 19.7 Å². The molecule has 0 aromatic carbocycles. The maximum absolute atomic E-state index is 12.1. The number of likely N-dealkylation sites (N-methyl/N-ethyl adjacent to an activating group) is 1. The van der Waals surface area contributed by atoms with Crippen LogP contribution in [0, 0.1) is 6.92 Å². The Bertz CT molecular complexity index is 663. The van der Waals surface area contributed by atoms with Crippen molar-refractivity contribution in [2.24, 2.45) is 0 Å². The van der Waals surface area contributed by atoms with Gasteiger partial charge in [0.25, 0.3) is 0 Å². The Morgan fingerprint density at radius 2 is 2.21 bits per heavy atom. The van der Waals surface area contributed by atoms with Crippen molar-refractivity contribution in [2.75, 3.05) is 33.1 Å². The number of aromatic nitrogens is 4. The summed E-state index contributed by atoms with van der Waals surface area (Å²) in [5.74, 6) is 0.677. The lowest BCUT2D eigenvalue weighted by molar-refractivity contribution is 0.181. The van der Waals surface area contributed by atoms with Crippen LogP contribution in [-0.2, 0) is 24.4 Å². The second kappa shape index (κ2) is 8.46. The van der Waals surface area contributed by atoms with E-state index in [1.807, 2.05) is 33.2 Å². The zero-order valence-electron chi connectivity index (χ0n) is 14.6. The van der Waals surface area contributed by atoms with Crippen molar-refractivity contribution in [3.05, 3.63) is 29.2 Å². The number of methoxy groups -OCH3 is 1. The number of aromatic amines is 1. The molecule has 24 heavy (non-hydrogen) atoms. The summed E-state index contributed by atoms with van der Waals surface area (Å²) in [4.78, 5) is 14.2. The molecular formula is C15H25N7O2.